The summed E-state index contributed by atoms with van der Waals surface area (Å²) >= 11 is 0. The number of aromatic amines is 1. The van der Waals surface area contributed by atoms with Crippen LogP contribution in [0.2, 0.25) is 0 Å². The fourth-order valence-electron chi connectivity index (χ4n) is 2.89. The summed E-state index contributed by atoms with van der Waals surface area (Å²) in [5.74, 6) is -0.0537. The highest BCUT2D eigenvalue weighted by atomic mass is 16.3. The van der Waals surface area contributed by atoms with Gasteiger partial charge in [0.25, 0.3) is 5.56 Å². The molecule has 9 nitrogen and oxygen atoms in total. The van der Waals surface area contributed by atoms with Gasteiger partial charge in [0.15, 0.2) is 11.2 Å². The van der Waals surface area contributed by atoms with Gasteiger partial charge in [-0.2, -0.15) is 4.98 Å². The number of aromatic nitrogens is 4. The van der Waals surface area contributed by atoms with E-state index < -0.39 is 29.9 Å². The van der Waals surface area contributed by atoms with Crippen LogP contribution in [0.1, 0.15) is 12.5 Å². The Hall–Kier alpha value is -2.70. The van der Waals surface area contributed by atoms with Crippen LogP contribution in [-0.4, -0.2) is 48.0 Å². The number of nitrogens with one attached hydrogen (secondary N) is 1. The third-order valence-electron chi connectivity index (χ3n) is 4.18. The fourth-order valence-corrected chi connectivity index (χ4v) is 2.89. The Morgan fingerprint density at radius 3 is 3.00 bits per heavy atom. The van der Waals surface area contributed by atoms with Crippen LogP contribution in [0.5, 0.6) is 0 Å². The first-order chi connectivity index (χ1) is 10.4. The van der Waals surface area contributed by atoms with Crippen molar-refractivity contribution in [3.63, 3.8) is 0 Å². The Morgan fingerprint density at radius 1 is 1.68 bits per heavy atom. The molecule has 1 aliphatic rings. The molecule has 0 bridgehead atoms. The van der Waals surface area contributed by atoms with Gasteiger partial charge in [0.05, 0.1) is 12.4 Å². The first-order valence-corrected chi connectivity index (χ1v) is 6.53. The third kappa shape index (κ3) is 1.68. The number of nitrogens with two attached hydrogens (primary N) is 1. The molecule has 5 N–H and O–H groups in total. The fraction of sp³-hybridized carbons (Fsp3) is 0.385. The summed E-state index contributed by atoms with van der Waals surface area (Å²) in [4.78, 5) is 25.6. The lowest BCUT2D eigenvalue weighted by Gasteiger charge is -2.19. The molecule has 0 spiro atoms. The van der Waals surface area contributed by atoms with Crippen LogP contribution in [0.4, 0.5) is 5.95 Å². The van der Waals surface area contributed by atoms with Crippen LogP contribution in [0.15, 0.2) is 23.3 Å². The van der Waals surface area contributed by atoms with E-state index in [0.717, 1.165) is 0 Å². The Labute approximate surface area is 124 Å². The number of rotatable bonds is 2. The summed E-state index contributed by atoms with van der Waals surface area (Å²) in [6.45, 7) is 10.6. The number of imidazole rings is 1. The van der Waals surface area contributed by atoms with Crippen LogP contribution in [0, 0.1) is 6.57 Å². The van der Waals surface area contributed by atoms with E-state index in [1.165, 1.54) is 6.33 Å². The number of anilines is 1. The summed E-state index contributed by atoms with van der Waals surface area (Å²) in [5, 5.41) is 19.7. The summed E-state index contributed by atoms with van der Waals surface area (Å²) in [6.07, 6.45) is 0.498. The third-order valence-corrected chi connectivity index (χ3v) is 4.18. The van der Waals surface area contributed by atoms with Crippen LogP contribution in [-0.2, 0) is 0 Å². The minimum atomic E-state index is -1.45. The number of hydrogen-bond acceptors (Lipinski definition) is 6. The van der Waals surface area contributed by atoms with Crippen LogP contribution < -0.4 is 11.3 Å². The molecule has 114 valence electrons. The van der Waals surface area contributed by atoms with Crippen molar-refractivity contribution in [2.45, 2.75) is 24.1 Å². The number of H-pyrrole nitrogens is 1. The highest BCUT2D eigenvalue weighted by Gasteiger charge is 2.57. The standard InChI is InChI=1S/C13H14N6O3/c1-6-7(3-8(21)13(6,4-20)15-2)19-5-16-9-10(19)17-12(14)18-11(9)22/h5,7-8,20-21H,1,3-4H2,(H3,14,17,18,22)/t7-,8-,13+/m0/s1. The molecule has 1 saturated carbocycles. The highest BCUT2D eigenvalue weighted by molar-refractivity contribution is 5.71. The van der Waals surface area contributed by atoms with Gasteiger partial charge in [-0.1, -0.05) is 6.58 Å². The average Bonchev–Trinajstić information content (AvgIpc) is 2.99. The molecule has 22 heavy (non-hydrogen) atoms. The first-order valence-electron chi connectivity index (χ1n) is 6.53. The molecule has 1 aliphatic carbocycles. The smallest absolute Gasteiger partial charge is 0.303 e. The summed E-state index contributed by atoms with van der Waals surface area (Å²) in [5.41, 5.74) is 4.35. The Kier molecular flexibility index (Phi) is 3.01. The zero-order valence-electron chi connectivity index (χ0n) is 11.5. The minimum Gasteiger partial charge on any atom is -0.387 e. The van der Waals surface area contributed by atoms with Gasteiger partial charge in [-0.15, -0.1) is 0 Å². The molecular formula is C13H14N6O3. The molecule has 3 atom stereocenters. The van der Waals surface area contributed by atoms with E-state index in [2.05, 4.69) is 26.4 Å². The van der Waals surface area contributed by atoms with Crippen molar-refractivity contribution < 1.29 is 10.2 Å². The lowest BCUT2D eigenvalue weighted by molar-refractivity contribution is 0.0989. The predicted molar refractivity (Wildman–Crippen MR) is 77.8 cm³/mol. The molecule has 0 aliphatic heterocycles. The largest absolute Gasteiger partial charge is 0.387 e. The lowest BCUT2D eigenvalue weighted by atomic mass is 9.93. The van der Waals surface area contributed by atoms with Crippen molar-refractivity contribution in [1.82, 2.24) is 19.5 Å². The van der Waals surface area contributed by atoms with Gasteiger partial charge in [-0.3, -0.25) is 14.6 Å². The zero-order valence-corrected chi connectivity index (χ0v) is 11.5. The number of aliphatic hydroxyl groups is 2. The second-order valence-corrected chi connectivity index (χ2v) is 5.26. The van der Waals surface area contributed by atoms with Gasteiger partial charge in [0, 0.05) is 12.0 Å². The Morgan fingerprint density at radius 2 is 2.41 bits per heavy atom. The van der Waals surface area contributed by atoms with Crippen molar-refractivity contribution in [1.29, 1.82) is 0 Å². The van der Waals surface area contributed by atoms with Crippen molar-refractivity contribution in [2.75, 3.05) is 12.3 Å². The summed E-state index contributed by atoms with van der Waals surface area (Å²) in [7, 11) is 0. The molecule has 2 heterocycles. The molecule has 0 saturated heterocycles. The normalized spacial score (nSPS) is 28.1. The van der Waals surface area contributed by atoms with Gasteiger partial charge in [-0.05, 0) is 0 Å². The maximum Gasteiger partial charge on any atom is 0.303 e. The molecule has 2 aromatic rings. The average molecular weight is 302 g/mol. The monoisotopic (exact) mass is 302 g/mol. The van der Waals surface area contributed by atoms with Gasteiger partial charge in [0.1, 0.15) is 12.7 Å². The molecule has 2 aromatic heterocycles. The second-order valence-electron chi connectivity index (χ2n) is 5.26. The van der Waals surface area contributed by atoms with Crippen molar-refractivity contribution >= 4 is 17.1 Å². The quantitative estimate of drug-likeness (QED) is 0.424. The number of hydrogen-bond donors (Lipinski definition) is 4. The molecule has 1 fully saturated rings. The van der Waals surface area contributed by atoms with Crippen molar-refractivity contribution in [3.05, 3.63) is 40.3 Å². The van der Waals surface area contributed by atoms with Gasteiger partial charge in [0.2, 0.25) is 5.95 Å². The SMILES string of the molecule is [C-]#[N+][C@]1(CO)C(=C)[C@@H](n2cnc3c(=O)[nH]c(N)nc32)C[C@@H]1O. The molecule has 0 amide bonds. The van der Waals surface area contributed by atoms with Gasteiger partial charge in [-0.25, -0.2) is 11.6 Å². The Bertz CT molecular complexity index is 863. The number of fused-ring (bicyclic) bond motifs is 1. The Balaban J connectivity index is 2.16. The van der Waals surface area contributed by atoms with Crippen molar-refractivity contribution in [3.8, 4) is 0 Å². The minimum absolute atomic E-state index is 0.0537. The molecular weight excluding hydrogens is 288 g/mol. The molecule has 0 aromatic carbocycles. The van der Waals surface area contributed by atoms with E-state index >= 15 is 0 Å². The van der Waals surface area contributed by atoms with E-state index in [4.69, 9.17) is 12.3 Å². The lowest BCUT2D eigenvalue weighted by Crippen LogP contribution is -2.39. The first kappa shape index (κ1) is 14.2. The second kappa shape index (κ2) is 4.66. The van der Waals surface area contributed by atoms with E-state index in [1.54, 1.807) is 4.57 Å². The molecule has 0 unspecified atom stereocenters. The van der Waals surface area contributed by atoms with Crippen LogP contribution >= 0.6 is 0 Å². The number of nitrogens with zero attached hydrogens (tertiary/aromatic N) is 4. The van der Waals surface area contributed by atoms with E-state index in [1.807, 2.05) is 0 Å². The van der Waals surface area contributed by atoms with E-state index in [-0.39, 0.29) is 23.5 Å². The highest BCUT2D eigenvalue weighted by Crippen LogP contribution is 2.45. The zero-order chi connectivity index (χ0) is 16.1. The predicted octanol–water partition coefficient (Wildman–Crippen LogP) is -0.786. The van der Waals surface area contributed by atoms with Crippen LogP contribution in [0.3, 0.4) is 0 Å². The number of nitrogen functional groups attached to an aromatic ring is 1. The summed E-state index contributed by atoms with van der Waals surface area (Å²) in [6, 6.07) is -0.505. The van der Waals surface area contributed by atoms with Crippen LogP contribution in [0.25, 0.3) is 16.0 Å². The van der Waals surface area contributed by atoms with Gasteiger partial charge < -0.3 is 20.5 Å². The van der Waals surface area contributed by atoms with E-state index in [0.29, 0.717) is 5.57 Å². The molecule has 0 radical (unpaired) electrons. The molecule has 3 rings (SSSR count). The van der Waals surface area contributed by atoms with E-state index in [9.17, 15) is 15.0 Å². The number of aliphatic hydroxyl groups excluding tert-OH is 2. The van der Waals surface area contributed by atoms with Gasteiger partial charge >= 0.3 is 5.54 Å². The summed E-state index contributed by atoms with van der Waals surface area (Å²) < 4.78 is 1.55. The maximum atomic E-state index is 11.8. The topological polar surface area (TPSA) is 134 Å². The van der Waals surface area contributed by atoms with Crippen molar-refractivity contribution in [2.24, 2.45) is 0 Å². The molecule has 9 heteroatoms. The maximum absolute atomic E-state index is 11.8.